The summed E-state index contributed by atoms with van der Waals surface area (Å²) in [6, 6.07) is 7.74. The summed E-state index contributed by atoms with van der Waals surface area (Å²) < 4.78 is 24.7. The standard InChI is InChI=1S/C15H22F2N2O2/c1-18(2)13-6-3-12(4-7-13)5-8-15(21)19(9-10-20)11-14(16)17/h3-4,6-7,14,20H,5,8-11H2,1-2H3. The Morgan fingerprint density at radius 1 is 1.24 bits per heavy atom. The van der Waals surface area contributed by atoms with Gasteiger partial charge in [0.25, 0.3) is 6.43 Å². The van der Waals surface area contributed by atoms with Crippen molar-refractivity contribution in [2.75, 3.05) is 38.7 Å². The van der Waals surface area contributed by atoms with Crippen molar-refractivity contribution in [3.8, 4) is 0 Å². The van der Waals surface area contributed by atoms with Crippen molar-refractivity contribution in [2.45, 2.75) is 19.3 Å². The summed E-state index contributed by atoms with van der Waals surface area (Å²) in [5.41, 5.74) is 2.04. The molecule has 0 unspecified atom stereocenters. The van der Waals surface area contributed by atoms with Gasteiger partial charge in [0.1, 0.15) is 0 Å². The van der Waals surface area contributed by atoms with E-state index in [1.807, 2.05) is 43.3 Å². The second-order valence-corrected chi connectivity index (χ2v) is 5.02. The summed E-state index contributed by atoms with van der Waals surface area (Å²) in [7, 11) is 3.88. The molecule has 1 rings (SSSR count). The van der Waals surface area contributed by atoms with Crippen molar-refractivity contribution in [1.82, 2.24) is 4.90 Å². The topological polar surface area (TPSA) is 43.8 Å². The Morgan fingerprint density at radius 2 is 1.86 bits per heavy atom. The molecule has 6 heteroatoms. The lowest BCUT2D eigenvalue weighted by Gasteiger charge is -2.21. The summed E-state index contributed by atoms with van der Waals surface area (Å²) in [6.07, 6.45) is -1.92. The molecule has 1 aromatic rings. The lowest BCUT2D eigenvalue weighted by Crippen LogP contribution is -2.37. The molecule has 0 aromatic heterocycles. The third kappa shape index (κ3) is 6.08. The summed E-state index contributed by atoms with van der Waals surface area (Å²) >= 11 is 0. The Bertz CT molecular complexity index is 436. The van der Waals surface area contributed by atoms with Crippen LogP contribution < -0.4 is 4.90 Å². The average Bonchev–Trinajstić information content (AvgIpc) is 2.44. The zero-order valence-electron chi connectivity index (χ0n) is 12.4. The molecule has 1 amide bonds. The van der Waals surface area contributed by atoms with Gasteiger partial charge in [-0.3, -0.25) is 4.79 Å². The predicted molar refractivity (Wildman–Crippen MR) is 78.8 cm³/mol. The van der Waals surface area contributed by atoms with Crippen molar-refractivity contribution in [3.05, 3.63) is 29.8 Å². The molecular formula is C15H22F2N2O2. The highest BCUT2D eigenvalue weighted by Gasteiger charge is 2.17. The van der Waals surface area contributed by atoms with E-state index in [2.05, 4.69) is 0 Å². The van der Waals surface area contributed by atoms with Crippen LogP contribution >= 0.6 is 0 Å². The molecule has 1 N–H and O–H groups in total. The Balaban J connectivity index is 2.53. The zero-order chi connectivity index (χ0) is 15.8. The molecule has 0 saturated carbocycles. The number of rotatable bonds is 8. The van der Waals surface area contributed by atoms with E-state index in [9.17, 15) is 13.6 Å². The number of carbonyl (C=O) groups is 1. The van der Waals surface area contributed by atoms with Crippen molar-refractivity contribution >= 4 is 11.6 Å². The maximum atomic E-state index is 12.4. The SMILES string of the molecule is CN(C)c1ccc(CCC(=O)N(CCO)CC(F)F)cc1. The quantitative estimate of drug-likeness (QED) is 0.796. The number of benzene rings is 1. The maximum absolute atomic E-state index is 12.4. The van der Waals surface area contributed by atoms with Crippen LogP contribution in [0.5, 0.6) is 0 Å². The van der Waals surface area contributed by atoms with Crippen LogP contribution in [0.1, 0.15) is 12.0 Å². The smallest absolute Gasteiger partial charge is 0.255 e. The number of alkyl halides is 2. The largest absolute Gasteiger partial charge is 0.395 e. The average molecular weight is 300 g/mol. The van der Waals surface area contributed by atoms with Crippen LogP contribution in [0.4, 0.5) is 14.5 Å². The molecule has 4 nitrogen and oxygen atoms in total. The number of aliphatic hydroxyl groups excluding tert-OH is 1. The van der Waals surface area contributed by atoms with Crippen molar-refractivity contribution < 1.29 is 18.7 Å². The third-order valence-electron chi connectivity index (χ3n) is 3.16. The number of carbonyl (C=O) groups excluding carboxylic acids is 1. The van der Waals surface area contributed by atoms with E-state index in [4.69, 9.17) is 5.11 Å². The molecular weight excluding hydrogens is 278 g/mol. The lowest BCUT2D eigenvalue weighted by molar-refractivity contribution is -0.133. The fraction of sp³-hybridized carbons (Fsp3) is 0.533. The molecule has 0 bridgehead atoms. The number of amides is 1. The highest BCUT2D eigenvalue weighted by Crippen LogP contribution is 2.14. The highest BCUT2D eigenvalue weighted by atomic mass is 19.3. The summed E-state index contributed by atoms with van der Waals surface area (Å²) in [5, 5.41) is 8.82. The van der Waals surface area contributed by atoms with Crippen molar-refractivity contribution in [2.24, 2.45) is 0 Å². The molecule has 0 heterocycles. The number of hydrogen-bond donors (Lipinski definition) is 1. The fourth-order valence-electron chi connectivity index (χ4n) is 1.98. The molecule has 118 valence electrons. The number of aryl methyl sites for hydroxylation is 1. The Morgan fingerprint density at radius 3 is 2.33 bits per heavy atom. The second-order valence-electron chi connectivity index (χ2n) is 5.02. The molecule has 0 fully saturated rings. The van der Waals surface area contributed by atoms with Gasteiger partial charge in [-0.15, -0.1) is 0 Å². The van der Waals surface area contributed by atoms with Gasteiger partial charge in [0.15, 0.2) is 0 Å². The van der Waals surface area contributed by atoms with Gasteiger partial charge in [-0.1, -0.05) is 12.1 Å². The van der Waals surface area contributed by atoms with Gasteiger partial charge in [-0.2, -0.15) is 0 Å². The lowest BCUT2D eigenvalue weighted by atomic mass is 10.1. The molecule has 21 heavy (non-hydrogen) atoms. The van der Waals surface area contributed by atoms with Crippen molar-refractivity contribution in [3.63, 3.8) is 0 Å². The number of hydrogen-bond acceptors (Lipinski definition) is 3. The van der Waals surface area contributed by atoms with Gasteiger partial charge >= 0.3 is 0 Å². The number of halogens is 2. The molecule has 0 spiro atoms. The summed E-state index contributed by atoms with van der Waals surface area (Å²) in [4.78, 5) is 14.9. The summed E-state index contributed by atoms with van der Waals surface area (Å²) in [5.74, 6) is -0.360. The number of anilines is 1. The highest BCUT2D eigenvalue weighted by molar-refractivity contribution is 5.76. The van der Waals surface area contributed by atoms with Gasteiger partial charge in [0.2, 0.25) is 5.91 Å². The monoisotopic (exact) mass is 300 g/mol. The van der Waals surface area contributed by atoms with Crippen molar-refractivity contribution in [1.29, 1.82) is 0 Å². The Labute approximate surface area is 124 Å². The van der Waals surface area contributed by atoms with E-state index in [0.717, 1.165) is 16.2 Å². The molecule has 0 saturated heterocycles. The first-order chi connectivity index (χ1) is 9.93. The molecule has 0 aliphatic rings. The van der Waals surface area contributed by atoms with Crippen LogP contribution in [0.3, 0.4) is 0 Å². The first-order valence-electron chi connectivity index (χ1n) is 6.87. The minimum Gasteiger partial charge on any atom is -0.395 e. The molecule has 0 radical (unpaired) electrons. The Hall–Kier alpha value is -1.69. The predicted octanol–water partition coefficient (Wildman–Crippen LogP) is 1.77. The van der Waals surface area contributed by atoms with Crippen LogP contribution in [0.15, 0.2) is 24.3 Å². The van der Waals surface area contributed by atoms with E-state index in [0.29, 0.717) is 6.42 Å². The molecule has 0 aliphatic heterocycles. The minimum absolute atomic E-state index is 0.0528. The van der Waals surface area contributed by atoms with Gasteiger partial charge < -0.3 is 14.9 Å². The zero-order valence-corrected chi connectivity index (χ0v) is 12.4. The maximum Gasteiger partial charge on any atom is 0.255 e. The van der Waals surface area contributed by atoms with Gasteiger partial charge in [-0.05, 0) is 24.1 Å². The first-order valence-corrected chi connectivity index (χ1v) is 6.87. The van der Waals surface area contributed by atoms with Crippen LogP contribution in [0.2, 0.25) is 0 Å². The van der Waals surface area contributed by atoms with E-state index < -0.39 is 13.0 Å². The van der Waals surface area contributed by atoms with Crippen LogP contribution in [-0.2, 0) is 11.2 Å². The van der Waals surface area contributed by atoms with Gasteiger partial charge in [-0.25, -0.2) is 8.78 Å². The minimum atomic E-state index is -2.58. The van der Waals surface area contributed by atoms with E-state index >= 15 is 0 Å². The normalized spacial score (nSPS) is 10.8. The molecule has 0 atom stereocenters. The second kappa shape index (κ2) is 8.56. The van der Waals surface area contributed by atoms with Crippen LogP contribution in [-0.4, -0.2) is 56.1 Å². The van der Waals surface area contributed by atoms with Gasteiger partial charge in [0, 0.05) is 32.7 Å². The van der Waals surface area contributed by atoms with E-state index in [1.54, 1.807) is 0 Å². The van der Waals surface area contributed by atoms with Crippen LogP contribution in [0, 0.1) is 0 Å². The molecule has 0 aliphatic carbocycles. The van der Waals surface area contributed by atoms with E-state index in [-0.39, 0.29) is 25.5 Å². The van der Waals surface area contributed by atoms with Crippen LogP contribution in [0.25, 0.3) is 0 Å². The first kappa shape index (κ1) is 17.4. The third-order valence-corrected chi connectivity index (χ3v) is 3.16. The Kier molecular flexibility index (Phi) is 7.08. The molecule has 1 aromatic carbocycles. The fourth-order valence-corrected chi connectivity index (χ4v) is 1.98. The number of nitrogens with zero attached hydrogens (tertiary/aromatic N) is 2. The summed E-state index contributed by atoms with van der Waals surface area (Å²) in [6.45, 7) is -0.988. The van der Waals surface area contributed by atoms with E-state index in [1.165, 1.54) is 0 Å². The van der Waals surface area contributed by atoms with Gasteiger partial charge in [0.05, 0.1) is 13.2 Å². The number of aliphatic hydroxyl groups is 1.